The molecule has 1 aliphatic carbocycles. The molecule has 7 aromatic rings. The van der Waals surface area contributed by atoms with Crippen LogP contribution < -0.4 is 9.47 Å². The highest BCUT2D eigenvalue weighted by atomic mass is 16.5. The number of allylic oxidation sites excluding steroid dienone is 1. The third-order valence-corrected chi connectivity index (χ3v) is 10.1. The summed E-state index contributed by atoms with van der Waals surface area (Å²) in [6.07, 6.45) is 2.10. The quantitative estimate of drug-likeness (QED) is 0.188. The monoisotopic (exact) mass is 644 g/mol. The Labute approximate surface area is 282 Å². The SMILES string of the molecule is CCOC(=O)C1(O)c2c3c(c4ccccc4c2-c2ccc4oc5ccccc5c4c21)OC(c1ccccc1)(c1ccc(OC)cc1)C=C3C. The minimum absolute atomic E-state index is 0.101. The number of ether oxygens (including phenoxy) is 3. The van der Waals surface area contributed by atoms with Gasteiger partial charge in [-0.1, -0.05) is 91.0 Å². The summed E-state index contributed by atoms with van der Waals surface area (Å²) in [6, 6.07) is 37.6. The first-order valence-electron chi connectivity index (χ1n) is 16.4. The molecule has 2 heterocycles. The van der Waals surface area contributed by atoms with Crippen molar-refractivity contribution in [3.05, 3.63) is 149 Å². The minimum Gasteiger partial charge on any atom is -0.497 e. The van der Waals surface area contributed by atoms with Gasteiger partial charge < -0.3 is 23.7 Å². The van der Waals surface area contributed by atoms with Gasteiger partial charge in [0.25, 0.3) is 0 Å². The van der Waals surface area contributed by atoms with E-state index in [2.05, 4.69) is 18.2 Å². The van der Waals surface area contributed by atoms with Crippen molar-refractivity contribution in [2.24, 2.45) is 0 Å². The number of fused-ring (bicyclic) bond motifs is 12. The average molecular weight is 645 g/mol. The Kier molecular flexibility index (Phi) is 6.32. The van der Waals surface area contributed by atoms with Gasteiger partial charge in [0, 0.05) is 44.0 Å². The molecule has 0 radical (unpaired) electrons. The smallest absolute Gasteiger partial charge is 0.347 e. The van der Waals surface area contributed by atoms with E-state index in [1.807, 2.05) is 110 Å². The fraction of sp³-hybridized carbons (Fsp3) is 0.140. The molecule has 1 aliphatic heterocycles. The van der Waals surface area contributed by atoms with E-state index in [1.54, 1.807) is 14.0 Å². The molecule has 49 heavy (non-hydrogen) atoms. The van der Waals surface area contributed by atoms with E-state index >= 15 is 0 Å². The van der Waals surface area contributed by atoms with Crippen LogP contribution in [-0.4, -0.2) is 24.8 Å². The predicted octanol–water partition coefficient (Wildman–Crippen LogP) is 9.27. The van der Waals surface area contributed by atoms with E-state index < -0.39 is 17.2 Å². The molecular formula is C43H32O6. The van der Waals surface area contributed by atoms with Gasteiger partial charge in [-0.15, -0.1) is 0 Å². The Morgan fingerprint density at radius 2 is 1.41 bits per heavy atom. The zero-order chi connectivity index (χ0) is 33.5. The Morgan fingerprint density at radius 1 is 0.735 bits per heavy atom. The molecule has 0 saturated heterocycles. The Hall–Kier alpha value is -5.85. The number of methoxy groups -OCH3 is 1. The third-order valence-electron chi connectivity index (χ3n) is 10.1. The second-order valence-corrected chi connectivity index (χ2v) is 12.6. The fourth-order valence-electron chi connectivity index (χ4n) is 8.04. The molecule has 6 nitrogen and oxygen atoms in total. The van der Waals surface area contributed by atoms with E-state index in [-0.39, 0.29) is 6.61 Å². The van der Waals surface area contributed by atoms with Crippen LogP contribution in [0.2, 0.25) is 0 Å². The molecule has 9 rings (SSSR count). The number of carbonyl (C=O) groups is 1. The van der Waals surface area contributed by atoms with Gasteiger partial charge in [0.05, 0.1) is 13.7 Å². The van der Waals surface area contributed by atoms with Crippen LogP contribution in [0, 0.1) is 0 Å². The number of hydrogen-bond donors (Lipinski definition) is 1. The molecule has 0 bridgehead atoms. The van der Waals surface area contributed by atoms with E-state index in [1.165, 1.54) is 0 Å². The van der Waals surface area contributed by atoms with Gasteiger partial charge in [0.2, 0.25) is 5.60 Å². The number of carbonyl (C=O) groups excluding carboxylic acids is 1. The van der Waals surface area contributed by atoms with E-state index in [4.69, 9.17) is 18.6 Å². The third kappa shape index (κ3) is 3.89. The lowest BCUT2D eigenvalue weighted by atomic mass is 9.77. The molecular weight excluding hydrogens is 612 g/mol. The minimum atomic E-state index is -2.16. The lowest BCUT2D eigenvalue weighted by Crippen LogP contribution is -2.39. The molecule has 1 aromatic heterocycles. The van der Waals surface area contributed by atoms with Gasteiger partial charge in [-0.25, -0.2) is 4.79 Å². The summed E-state index contributed by atoms with van der Waals surface area (Å²) in [4.78, 5) is 14.4. The van der Waals surface area contributed by atoms with Gasteiger partial charge in [0.15, 0.2) is 5.60 Å². The normalized spacial score (nSPS) is 19.2. The van der Waals surface area contributed by atoms with Crippen molar-refractivity contribution in [2.45, 2.75) is 25.0 Å². The summed E-state index contributed by atoms with van der Waals surface area (Å²) >= 11 is 0. The van der Waals surface area contributed by atoms with Gasteiger partial charge in [-0.3, -0.25) is 0 Å². The predicted molar refractivity (Wildman–Crippen MR) is 191 cm³/mol. The number of benzene rings is 6. The van der Waals surface area contributed by atoms with Crippen LogP contribution in [-0.2, 0) is 20.7 Å². The van der Waals surface area contributed by atoms with Crippen LogP contribution in [0.1, 0.15) is 41.7 Å². The van der Waals surface area contributed by atoms with E-state index in [0.29, 0.717) is 39.0 Å². The van der Waals surface area contributed by atoms with Crippen LogP contribution in [0.3, 0.4) is 0 Å². The number of esters is 1. The Bertz CT molecular complexity index is 2510. The molecule has 2 aliphatic rings. The maximum atomic E-state index is 14.4. The summed E-state index contributed by atoms with van der Waals surface area (Å²) < 4.78 is 24.8. The van der Waals surface area contributed by atoms with Crippen molar-refractivity contribution in [2.75, 3.05) is 13.7 Å². The van der Waals surface area contributed by atoms with Crippen LogP contribution in [0.5, 0.6) is 11.5 Å². The van der Waals surface area contributed by atoms with Gasteiger partial charge in [-0.2, -0.15) is 0 Å². The highest BCUT2D eigenvalue weighted by molar-refractivity contribution is 6.19. The summed E-state index contributed by atoms with van der Waals surface area (Å²) in [6.45, 7) is 3.87. The second-order valence-electron chi connectivity index (χ2n) is 12.6. The molecule has 2 unspecified atom stereocenters. The molecule has 0 fully saturated rings. The number of para-hydroxylation sites is 1. The first kappa shape index (κ1) is 29.3. The topological polar surface area (TPSA) is 78.1 Å². The van der Waals surface area contributed by atoms with Gasteiger partial charge in [-0.05, 0) is 66.3 Å². The fourth-order valence-corrected chi connectivity index (χ4v) is 8.04. The molecule has 6 aromatic carbocycles. The highest BCUT2D eigenvalue weighted by Crippen LogP contribution is 2.61. The van der Waals surface area contributed by atoms with Crippen LogP contribution in [0.25, 0.3) is 49.4 Å². The van der Waals surface area contributed by atoms with Crippen LogP contribution >= 0.6 is 0 Å². The summed E-state index contributed by atoms with van der Waals surface area (Å²) in [7, 11) is 1.65. The van der Waals surface area contributed by atoms with E-state index in [0.717, 1.165) is 49.7 Å². The molecule has 6 heteroatoms. The Morgan fingerprint density at radius 3 is 2.14 bits per heavy atom. The molecule has 1 N–H and O–H groups in total. The first-order valence-corrected chi connectivity index (χ1v) is 16.4. The summed E-state index contributed by atoms with van der Waals surface area (Å²) in [5, 5.41) is 16.4. The molecule has 0 saturated carbocycles. The van der Waals surface area contributed by atoms with Gasteiger partial charge >= 0.3 is 5.97 Å². The zero-order valence-corrected chi connectivity index (χ0v) is 27.2. The maximum Gasteiger partial charge on any atom is 0.347 e. The average Bonchev–Trinajstić information content (AvgIpc) is 3.65. The lowest BCUT2D eigenvalue weighted by Gasteiger charge is -2.40. The summed E-state index contributed by atoms with van der Waals surface area (Å²) in [5.41, 5.74) is 3.89. The molecule has 0 amide bonds. The maximum absolute atomic E-state index is 14.4. The van der Waals surface area contributed by atoms with Crippen molar-refractivity contribution in [1.29, 1.82) is 0 Å². The van der Waals surface area contributed by atoms with Crippen molar-refractivity contribution in [1.82, 2.24) is 0 Å². The summed E-state index contributed by atoms with van der Waals surface area (Å²) in [5.74, 6) is 0.577. The van der Waals surface area contributed by atoms with Crippen LogP contribution in [0.4, 0.5) is 0 Å². The van der Waals surface area contributed by atoms with Crippen molar-refractivity contribution < 1.29 is 28.5 Å². The first-order chi connectivity index (χ1) is 23.9. The number of rotatable bonds is 5. The standard InChI is InChI=1S/C43H32O6/c1-4-47-41(44)43(45)38-32(22-23-34-37(38)31-16-10-11-17-33(31)48-34)36-29-14-8-9-15-30(29)40-35(39(36)43)25(2)24-42(49-40,26-12-6-5-7-13-26)27-18-20-28(46-3)21-19-27/h5-24,45H,4H2,1-3H3. The zero-order valence-electron chi connectivity index (χ0n) is 27.2. The molecule has 0 spiro atoms. The van der Waals surface area contributed by atoms with E-state index in [9.17, 15) is 9.90 Å². The van der Waals surface area contributed by atoms with Crippen molar-refractivity contribution >= 4 is 44.3 Å². The molecule has 240 valence electrons. The van der Waals surface area contributed by atoms with Gasteiger partial charge in [0.1, 0.15) is 22.7 Å². The van der Waals surface area contributed by atoms with Crippen LogP contribution in [0.15, 0.2) is 126 Å². The second kappa shape index (κ2) is 10.6. The largest absolute Gasteiger partial charge is 0.497 e. The number of furan rings is 1. The van der Waals surface area contributed by atoms with Crippen molar-refractivity contribution in [3.63, 3.8) is 0 Å². The van der Waals surface area contributed by atoms with Crippen molar-refractivity contribution in [3.8, 4) is 22.6 Å². The number of hydrogen-bond acceptors (Lipinski definition) is 6. The molecule has 2 atom stereocenters. The Balaban J connectivity index is 1.42. The number of aliphatic hydroxyl groups is 1. The highest BCUT2D eigenvalue weighted by Gasteiger charge is 2.55. The lowest BCUT2D eigenvalue weighted by molar-refractivity contribution is -0.161.